The van der Waals surface area contributed by atoms with Crippen molar-refractivity contribution in [3.63, 3.8) is 0 Å². The van der Waals surface area contributed by atoms with Crippen LogP contribution < -0.4 is 5.32 Å². The molecule has 0 aliphatic carbocycles. The Bertz CT molecular complexity index is 486. The van der Waals surface area contributed by atoms with E-state index >= 15 is 0 Å². The minimum Gasteiger partial charge on any atom is -0.444 e. The summed E-state index contributed by atoms with van der Waals surface area (Å²) in [5, 5.41) is 3.17. The summed E-state index contributed by atoms with van der Waals surface area (Å²) in [5.74, 6) is 0.525. The lowest BCUT2D eigenvalue weighted by Crippen LogP contribution is -2.41. The lowest BCUT2D eigenvalue weighted by molar-refractivity contribution is 0.0205. The monoisotopic (exact) mass is 290 g/mol. The van der Waals surface area contributed by atoms with Gasteiger partial charge in [0, 0.05) is 25.8 Å². The van der Waals surface area contributed by atoms with Crippen LogP contribution in [-0.2, 0) is 4.74 Å². The second-order valence-electron chi connectivity index (χ2n) is 6.62. The van der Waals surface area contributed by atoms with E-state index in [0.717, 1.165) is 31.6 Å². The van der Waals surface area contributed by atoms with Crippen LogP contribution in [0, 0.1) is 0 Å². The second kappa shape index (κ2) is 6.37. The Morgan fingerprint density at radius 2 is 1.95 bits per heavy atom. The molecule has 0 unspecified atom stereocenters. The highest BCUT2D eigenvalue weighted by Gasteiger charge is 2.27. The van der Waals surface area contributed by atoms with E-state index in [0.29, 0.717) is 5.92 Å². The van der Waals surface area contributed by atoms with Crippen molar-refractivity contribution in [3.05, 3.63) is 29.8 Å². The van der Waals surface area contributed by atoms with Crippen molar-refractivity contribution in [1.82, 2.24) is 4.90 Å². The van der Waals surface area contributed by atoms with E-state index in [-0.39, 0.29) is 6.09 Å². The van der Waals surface area contributed by atoms with Crippen LogP contribution in [0.1, 0.15) is 45.1 Å². The fourth-order valence-corrected chi connectivity index (χ4v) is 2.67. The highest BCUT2D eigenvalue weighted by molar-refractivity contribution is 5.68. The molecule has 1 aromatic carbocycles. The van der Waals surface area contributed by atoms with E-state index in [1.807, 2.05) is 32.7 Å². The molecule has 1 heterocycles. The summed E-state index contributed by atoms with van der Waals surface area (Å²) in [6.45, 7) is 7.25. The molecular formula is C17H26N2O2. The van der Waals surface area contributed by atoms with Gasteiger partial charge in [0.1, 0.15) is 5.60 Å². The van der Waals surface area contributed by atoms with Crippen molar-refractivity contribution >= 4 is 11.8 Å². The maximum Gasteiger partial charge on any atom is 0.410 e. The van der Waals surface area contributed by atoms with Crippen molar-refractivity contribution in [1.29, 1.82) is 0 Å². The van der Waals surface area contributed by atoms with E-state index in [9.17, 15) is 4.79 Å². The predicted molar refractivity (Wildman–Crippen MR) is 85.8 cm³/mol. The molecule has 4 heteroatoms. The minimum atomic E-state index is -0.422. The van der Waals surface area contributed by atoms with Crippen molar-refractivity contribution in [2.45, 2.75) is 45.1 Å². The molecule has 1 aromatic rings. The number of hydrogen-bond donors (Lipinski definition) is 1. The van der Waals surface area contributed by atoms with Gasteiger partial charge in [-0.25, -0.2) is 4.79 Å². The summed E-state index contributed by atoms with van der Waals surface area (Å²) >= 11 is 0. The van der Waals surface area contributed by atoms with Crippen LogP contribution in [0.3, 0.4) is 0 Å². The third-order valence-corrected chi connectivity index (χ3v) is 3.79. The molecule has 0 spiro atoms. The number of anilines is 1. The summed E-state index contributed by atoms with van der Waals surface area (Å²) in [6, 6.07) is 8.53. The number of amides is 1. The number of ether oxygens (including phenoxy) is 1. The van der Waals surface area contributed by atoms with Crippen molar-refractivity contribution < 1.29 is 9.53 Å². The molecule has 0 aromatic heterocycles. The van der Waals surface area contributed by atoms with Gasteiger partial charge in [0.05, 0.1) is 0 Å². The average molecular weight is 290 g/mol. The van der Waals surface area contributed by atoms with Gasteiger partial charge in [0.25, 0.3) is 0 Å². The molecule has 1 aliphatic rings. The third kappa shape index (κ3) is 4.38. The smallest absolute Gasteiger partial charge is 0.410 e. The van der Waals surface area contributed by atoms with Crippen LogP contribution in [0.5, 0.6) is 0 Å². The number of likely N-dealkylation sites (tertiary alicyclic amines) is 1. The number of carbonyl (C=O) groups is 1. The lowest BCUT2D eigenvalue weighted by Gasteiger charge is -2.33. The number of nitrogens with one attached hydrogen (secondary N) is 1. The van der Waals surface area contributed by atoms with Crippen molar-refractivity contribution in [3.8, 4) is 0 Å². The zero-order valence-electron chi connectivity index (χ0n) is 13.5. The molecule has 1 N–H and O–H groups in total. The Hall–Kier alpha value is -1.71. The summed E-state index contributed by atoms with van der Waals surface area (Å²) in [5.41, 5.74) is 2.07. The zero-order valence-corrected chi connectivity index (χ0v) is 13.5. The molecule has 0 radical (unpaired) electrons. The van der Waals surface area contributed by atoms with Crippen LogP contribution in [0.25, 0.3) is 0 Å². The number of nitrogens with zero attached hydrogens (tertiary/aromatic N) is 1. The van der Waals surface area contributed by atoms with E-state index in [2.05, 4.69) is 29.6 Å². The normalized spacial score (nSPS) is 16.7. The number of benzene rings is 1. The Morgan fingerprint density at radius 1 is 1.29 bits per heavy atom. The fraction of sp³-hybridized carbons (Fsp3) is 0.588. The van der Waals surface area contributed by atoms with Crippen molar-refractivity contribution in [2.24, 2.45) is 0 Å². The largest absolute Gasteiger partial charge is 0.444 e. The maximum absolute atomic E-state index is 12.1. The highest BCUT2D eigenvalue weighted by Crippen LogP contribution is 2.30. The molecule has 0 bridgehead atoms. The quantitative estimate of drug-likeness (QED) is 0.899. The topological polar surface area (TPSA) is 41.6 Å². The summed E-state index contributed by atoms with van der Waals surface area (Å²) in [7, 11) is 1.93. The fourth-order valence-electron chi connectivity index (χ4n) is 2.67. The van der Waals surface area contributed by atoms with E-state index in [1.165, 1.54) is 5.56 Å². The zero-order chi connectivity index (χ0) is 15.5. The first-order valence-electron chi connectivity index (χ1n) is 7.64. The van der Waals surface area contributed by atoms with Gasteiger partial charge in [-0.2, -0.15) is 0 Å². The molecule has 21 heavy (non-hydrogen) atoms. The Kier molecular flexibility index (Phi) is 4.76. The van der Waals surface area contributed by atoms with Crippen LogP contribution in [-0.4, -0.2) is 36.7 Å². The number of rotatable bonds is 2. The molecule has 1 fully saturated rings. The minimum absolute atomic E-state index is 0.190. The van der Waals surface area contributed by atoms with Gasteiger partial charge in [-0.3, -0.25) is 0 Å². The summed E-state index contributed by atoms with van der Waals surface area (Å²) in [4.78, 5) is 13.9. The molecule has 116 valence electrons. The van der Waals surface area contributed by atoms with Gasteiger partial charge >= 0.3 is 6.09 Å². The number of carbonyl (C=O) groups excluding carboxylic acids is 1. The van der Waals surface area contributed by atoms with E-state index in [4.69, 9.17) is 4.74 Å². The molecule has 0 atom stereocenters. The first-order chi connectivity index (χ1) is 9.89. The molecular weight excluding hydrogens is 264 g/mol. The van der Waals surface area contributed by atoms with Gasteiger partial charge in [0.2, 0.25) is 0 Å². The molecule has 1 amide bonds. The second-order valence-corrected chi connectivity index (χ2v) is 6.62. The Balaban J connectivity index is 1.92. The SMILES string of the molecule is CNc1cccc(C2CCN(C(=O)OC(C)(C)C)CC2)c1. The molecule has 2 rings (SSSR count). The van der Waals surface area contributed by atoms with Crippen LogP contribution >= 0.6 is 0 Å². The molecule has 1 aliphatic heterocycles. The van der Waals surface area contributed by atoms with Gasteiger partial charge in [-0.1, -0.05) is 12.1 Å². The first-order valence-corrected chi connectivity index (χ1v) is 7.64. The average Bonchev–Trinajstić information content (AvgIpc) is 2.46. The Morgan fingerprint density at radius 3 is 2.52 bits per heavy atom. The lowest BCUT2D eigenvalue weighted by atomic mass is 9.89. The number of hydrogen-bond acceptors (Lipinski definition) is 3. The number of piperidine rings is 1. The molecule has 0 saturated carbocycles. The van der Waals surface area contributed by atoms with Gasteiger partial charge in [-0.15, -0.1) is 0 Å². The molecule has 4 nitrogen and oxygen atoms in total. The van der Waals surface area contributed by atoms with Crippen LogP contribution in [0.15, 0.2) is 24.3 Å². The maximum atomic E-state index is 12.1. The summed E-state index contributed by atoms with van der Waals surface area (Å²) in [6.07, 6.45) is 1.80. The first kappa shape index (κ1) is 15.7. The van der Waals surface area contributed by atoms with Gasteiger partial charge in [0.15, 0.2) is 0 Å². The third-order valence-electron chi connectivity index (χ3n) is 3.79. The van der Waals surface area contributed by atoms with Crippen LogP contribution in [0.4, 0.5) is 10.5 Å². The molecule has 1 saturated heterocycles. The van der Waals surface area contributed by atoms with E-state index < -0.39 is 5.60 Å². The van der Waals surface area contributed by atoms with E-state index in [1.54, 1.807) is 0 Å². The van der Waals surface area contributed by atoms with Crippen LogP contribution in [0.2, 0.25) is 0 Å². The van der Waals surface area contributed by atoms with Gasteiger partial charge < -0.3 is 15.0 Å². The highest BCUT2D eigenvalue weighted by atomic mass is 16.6. The summed E-state index contributed by atoms with van der Waals surface area (Å²) < 4.78 is 5.43. The van der Waals surface area contributed by atoms with Gasteiger partial charge in [-0.05, 0) is 57.2 Å². The van der Waals surface area contributed by atoms with Crippen molar-refractivity contribution in [2.75, 3.05) is 25.5 Å². The Labute approximate surface area is 127 Å². The standard InChI is InChI=1S/C17H26N2O2/c1-17(2,3)21-16(20)19-10-8-13(9-11-19)14-6-5-7-15(12-14)18-4/h5-7,12-13,18H,8-11H2,1-4H3. The predicted octanol–water partition coefficient (Wildman–Crippen LogP) is 3.84.